The molecule has 0 radical (unpaired) electrons. The number of halogens is 2. The maximum absolute atomic E-state index is 8.49. The normalized spacial score (nSPS) is 10.1. The van der Waals surface area contributed by atoms with Crippen LogP contribution in [0.4, 0.5) is 0 Å². The number of aromatic amines is 1. The van der Waals surface area contributed by atoms with Gasteiger partial charge in [0.05, 0.1) is 17.5 Å². The van der Waals surface area contributed by atoms with Crippen LogP contribution >= 0.6 is 23.2 Å². The highest BCUT2D eigenvalue weighted by Crippen LogP contribution is 2.27. The van der Waals surface area contributed by atoms with E-state index in [1.165, 1.54) is 0 Å². The summed E-state index contributed by atoms with van der Waals surface area (Å²) in [5, 5.41) is 16.0. The van der Waals surface area contributed by atoms with Gasteiger partial charge in [0.2, 0.25) is 0 Å². The lowest BCUT2D eigenvalue weighted by Crippen LogP contribution is -1.98. The quantitative estimate of drug-likeness (QED) is 0.936. The van der Waals surface area contributed by atoms with E-state index < -0.39 is 0 Å². The summed E-state index contributed by atoms with van der Waals surface area (Å²) in [7, 11) is 0. The first-order chi connectivity index (χ1) is 8.69. The van der Waals surface area contributed by atoms with Crippen molar-refractivity contribution >= 4 is 23.2 Å². The Morgan fingerprint density at radius 3 is 2.94 bits per heavy atom. The second-order valence-corrected chi connectivity index (χ2v) is 4.24. The largest absolute Gasteiger partial charge is 0.484 e. The van der Waals surface area contributed by atoms with Crippen LogP contribution in [0.15, 0.2) is 18.2 Å². The Balaban J connectivity index is 2.00. The number of benzene rings is 1. The standard InChI is InChI=1S/C11H8Cl2N4O/c12-7-1-2-9(8(13)5-7)18-6-11-15-10(3-4-14)16-17-11/h1-2,5H,3,6H2,(H,15,16,17). The van der Waals surface area contributed by atoms with Gasteiger partial charge in [-0.1, -0.05) is 23.2 Å². The molecule has 1 aromatic heterocycles. The second-order valence-electron chi connectivity index (χ2n) is 3.40. The predicted octanol–water partition coefficient (Wildman–Crippen LogP) is 2.76. The third-order valence-electron chi connectivity index (χ3n) is 2.07. The van der Waals surface area contributed by atoms with Crippen LogP contribution in [0.1, 0.15) is 11.6 Å². The van der Waals surface area contributed by atoms with Gasteiger partial charge in [0.25, 0.3) is 0 Å². The van der Waals surface area contributed by atoms with Crippen molar-refractivity contribution in [2.24, 2.45) is 0 Å². The first-order valence-electron chi connectivity index (χ1n) is 5.04. The van der Waals surface area contributed by atoms with Crippen molar-refractivity contribution in [1.29, 1.82) is 5.26 Å². The smallest absolute Gasteiger partial charge is 0.164 e. The van der Waals surface area contributed by atoms with Gasteiger partial charge in [-0.2, -0.15) is 10.4 Å². The van der Waals surface area contributed by atoms with Gasteiger partial charge in [-0.25, -0.2) is 4.98 Å². The zero-order valence-corrected chi connectivity index (χ0v) is 10.7. The lowest BCUT2D eigenvalue weighted by molar-refractivity contribution is 0.296. The Morgan fingerprint density at radius 1 is 1.39 bits per heavy atom. The molecule has 1 heterocycles. The molecule has 7 heteroatoms. The van der Waals surface area contributed by atoms with Crippen molar-refractivity contribution in [2.75, 3.05) is 0 Å². The Labute approximate surface area is 113 Å². The molecule has 18 heavy (non-hydrogen) atoms. The van der Waals surface area contributed by atoms with E-state index >= 15 is 0 Å². The van der Waals surface area contributed by atoms with Crippen molar-refractivity contribution < 1.29 is 4.74 Å². The lowest BCUT2D eigenvalue weighted by Gasteiger charge is -2.05. The number of hydrogen-bond acceptors (Lipinski definition) is 4. The molecule has 0 amide bonds. The van der Waals surface area contributed by atoms with E-state index in [0.29, 0.717) is 27.4 Å². The van der Waals surface area contributed by atoms with E-state index in [4.69, 9.17) is 33.2 Å². The van der Waals surface area contributed by atoms with Gasteiger partial charge in [-0.15, -0.1) is 0 Å². The summed E-state index contributed by atoms with van der Waals surface area (Å²) < 4.78 is 5.46. The zero-order chi connectivity index (χ0) is 13.0. The molecule has 1 aromatic carbocycles. The number of hydrogen-bond donors (Lipinski definition) is 1. The third kappa shape index (κ3) is 3.13. The molecule has 0 spiro atoms. The topological polar surface area (TPSA) is 74.6 Å². The fourth-order valence-electron chi connectivity index (χ4n) is 1.29. The minimum atomic E-state index is 0.165. The SMILES string of the molecule is N#CCc1n[nH]c(COc2ccc(Cl)cc2Cl)n1. The number of nitrogens with zero attached hydrogens (tertiary/aromatic N) is 3. The van der Waals surface area contributed by atoms with Crippen molar-refractivity contribution in [2.45, 2.75) is 13.0 Å². The Bertz CT molecular complexity index is 591. The van der Waals surface area contributed by atoms with Gasteiger partial charge < -0.3 is 4.74 Å². The zero-order valence-electron chi connectivity index (χ0n) is 9.15. The third-order valence-corrected chi connectivity index (χ3v) is 2.60. The van der Waals surface area contributed by atoms with Crippen molar-refractivity contribution in [3.63, 3.8) is 0 Å². The maximum Gasteiger partial charge on any atom is 0.164 e. The van der Waals surface area contributed by atoms with E-state index in [9.17, 15) is 0 Å². The molecule has 1 N–H and O–H groups in total. The highest BCUT2D eigenvalue weighted by atomic mass is 35.5. The van der Waals surface area contributed by atoms with E-state index in [-0.39, 0.29) is 13.0 Å². The average molecular weight is 283 g/mol. The van der Waals surface area contributed by atoms with Gasteiger partial charge in [-0.3, -0.25) is 5.10 Å². The molecule has 0 atom stereocenters. The highest BCUT2D eigenvalue weighted by molar-refractivity contribution is 6.35. The minimum Gasteiger partial charge on any atom is -0.484 e. The molecule has 0 aliphatic heterocycles. The Kier molecular flexibility index (Phi) is 4.03. The van der Waals surface area contributed by atoms with Gasteiger partial charge in [-0.05, 0) is 18.2 Å². The lowest BCUT2D eigenvalue weighted by atomic mass is 10.3. The maximum atomic E-state index is 8.49. The fourth-order valence-corrected chi connectivity index (χ4v) is 1.75. The van der Waals surface area contributed by atoms with Crippen LogP contribution in [0.25, 0.3) is 0 Å². The fraction of sp³-hybridized carbons (Fsp3) is 0.182. The van der Waals surface area contributed by atoms with Crippen LogP contribution < -0.4 is 4.74 Å². The van der Waals surface area contributed by atoms with Crippen LogP contribution in [-0.4, -0.2) is 15.2 Å². The summed E-state index contributed by atoms with van der Waals surface area (Å²) in [6.45, 7) is 0.194. The van der Waals surface area contributed by atoms with Crippen molar-refractivity contribution in [3.05, 3.63) is 39.9 Å². The Hall–Kier alpha value is -1.77. The average Bonchev–Trinajstić information content (AvgIpc) is 2.76. The van der Waals surface area contributed by atoms with Gasteiger partial charge >= 0.3 is 0 Å². The first kappa shape index (κ1) is 12.7. The highest BCUT2D eigenvalue weighted by Gasteiger charge is 2.06. The molecular formula is C11H8Cl2N4O. The van der Waals surface area contributed by atoms with E-state index in [1.54, 1.807) is 18.2 Å². The molecule has 0 bridgehead atoms. The van der Waals surface area contributed by atoms with Gasteiger partial charge in [0.15, 0.2) is 11.6 Å². The van der Waals surface area contributed by atoms with Gasteiger partial charge in [0, 0.05) is 5.02 Å². The van der Waals surface area contributed by atoms with Crippen molar-refractivity contribution in [3.8, 4) is 11.8 Å². The van der Waals surface area contributed by atoms with Crippen LogP contribution in [0.5, 0.6) is 5.75 Å². The summed E-state index contributed by atoms with van der Waals surface area (Å²) in [4.78, 5) is 4.08. The molecule has 0 aliphatic carbocycles. The predicted molar refractivity (Wildman–Crippen MR) is 66.5 cm³/mol. The molecule has 92 valence electrons. The molecule has 2 aromatic rings. The van der Waals surface area contributed by atoms with E-state index in [0.717, 1.165) is 0 Å². The summed E-state index contributed by atoms with van der Waals surface area (Å²) in [6, 6.07) is 6.92. The first-order valence-corrected chi connectivity index (χ1v) is 5.79. The number of aromatic nitrogens is 3. The van der Waals surface area contributed by atoms with Crippen LogP contribution in [0.3, 0.4) is 0 Å². The summed E-state index contributed by atoms with van der Waals surface area (Å²) >= 11 is 11.7. The summed E-state index contributed by atoms with van der Waals surface area (Å²) in [5.41, 5.74) is 0. The molecular weight excluding hydrogens is 275 g/mol. The monoisotopic (exact) mass is 282 g/mol. The number of nitriles is 1. The van der Waals surface area contributed by atoms with Crippen molar-refractivity contribution in [1.82, 2.24) is 15.2 Å². The second kappa shape index (κ2) is 5.71. The molecule has 2 rings (SSSR count). The summed E-state index contributed by atoms with van der Waals surface area (Å²) in [5.74, 6) is 1.49. The molecule has 0 unspecified atom stereocenters. The number of H-pyrrole nitrogens is 1. The molecule has 0 fully saturated rings. The van der Waals surface area contributed by atoms with Gasteiger partial charge in [0.1, 0.15) is 12.4 Å². The summed E-state index contributed by atoms with van der Waals surface area (Å²) in [6.07, 6.45) is 0.165. The van der Waals surface area contributed by atoms with Crippen LogP contribution in [0, 0.1) is 11.3 Å². The molecule has 0 saturated carbocycles. The Morgan fingerprint density at radius 2 is 2.22 bits per heavy atom. The minimum absolute atomic E-state index is 0.165. The molecule has 0 saturated heterocycles. The van der Waals surface area contributed by atoms with E-state index in [1.807, 2.05) is 6.07 Å². The van der Waals surface area contributed by atoms with Crippen LogP contribution in [0.2, 0.25) is 10.0 Å². The van der Waals surface area contributed by atoms with Crippen LogP contribution in [-0.2, 0) is 13.0 Å². The number of ether oxygens (including phenoxy) is 1. The number of nitrogens with one attached hydrogen (secondary N) is 1. The molecule has 0 aliphatic rings. The van der Waals surface area contributed by atoms with E-state index in [2.05, 4.69) is 15.2 Å². The molecule has 5 nitrogen and oxygen atoms in total. The number of rotatable bonds is 4.